The Balaban J connectivity index is 1.34. The van der Waals surface area contributed by atoms with Crippen LogP contribution in [0.5, 0.6) is 0 Å². The monoisotopic (exact) mass is 340 g/mol. The standard InChI is InChI=1S/C19H28N6/c1-24(18-22-16(20)15-11-21-25(2)17(15)23-18)4-3-19-8-12-5-13(9-19)7-14(6-12)10-19/h11-14H,3-10H2,1-2H3,(H2,20,22,23). The quantitative estimate of drug-likeness (QED) is 0.926. The molecule has 2 aromatic rings. The summed E-state index contributed by atoms with van der Waals surface area (Å²) in [7, 11) is 3.99. The van der Waals surface area contributed by atoms with E-state index in [0.717, 1.165) is 41.3 Å². The van der Waals surface area contributed by atoms with Gasteiger partial charge in [0.15, 0.2) is 5.65 Å². The predicted molar refractivity (Wildman–Crippen MR) is 99.2 cm³/mol. The fourth-order valence-corrected chi connectivity index (χ4v) is 6.30. The Morgan fingerprint density at radius 3 is 2.44 bits per heavy atom. The van der Waals surface area contributed by atoms with Gasteiger partial charge in [-0.25, -0.2) is 0 Å². The Labute approximate surface area is 148 Å². The van der Waals surface area contributed by atoms with Crippen LogP contribution in [0.1, 0.15) is 44.9 Å². The summed E-state index contributed by atoms with van der Waals surface area (Å²) in [5.74, 6) is 4.27. The lowest BCUT2D eigenvalue weighted by Crippen LogP contribution is -2.47. The maximum absolute atomic E-state index is 6.12. The highest BCUT2D eigenvalue weighted by atomic mass is 15.3. The molecule has 134 valence electrons. The Hall–Kier alpha value is -1.85. The van der Waals surface area contributed by atoms with E-state index in [1.807, 2.05) is 7.05 Å². The Bertz CT molecular complexity index is 774. The van der Waals surface area contributed by atoms with Crippen LogP contribution in [0.3, 0.4) is 0 Å². The van der Waals surface area contributed by atoms with Gasteiger partial charge in [-0.05, 0) is 68.1 Å². The molecule has 2 heterocycles. The van der Waals surface area contributed by atoms with Gasteiger partial charge >= 0.3 is 0 Å². The summed E-state index contributed by atoms with van der Waals surface area (Å²) in [5, 5.41) is 5.08. The molecule has 6 nitrogen and oxygen atoms in total. The Morgan fingerprint density at radius 1 is 1.16 bits per heavy atom. The lowest BCUT2D eigenvalue weighted by atomic mass is 9.49. The molecule has 4 saturated carbocycles. The molecule has 0 radical (unpaired) electrons. The van der Waals surface area contributed by atoms with Gasteiger partial charge in [0.1, 0.15) is 5.82 Å². The first-order valence-electron chi connectivity index (χ1n) is 9.68. The molecule has 0 spiro atoms. The highest BCUT2D eigenvalue weighted by molar-refractivity contribution is 5.86. The van der Waals surface area contributed by atoms with Gasteiger partial charge in [0.25, 0.3) is 0 Å². The first-order valence-corrected chi connectivity index (χ1v) is 9.68. The van der Waals surface area contributed by atoms with E-state index in [1.54, 1.807) is 10.9 Å². The molecule has 6 rings (SSSR count). The highest BCUT2D eigenvalue weighted by Crippen LogP contribution is 2.61. The van der Waals surface area contributed by atoms with E-state index in [9.17, 15) is 0 Å². The molecule has 0 amide bonds. The summed E-state index contributed by atoms with van der Waals surface area (Å²) in [4.78, 5) is 11.4. The molecule has 2 aromatic heterocycles. The lowest BCUT2D eigenvalue weighted by Gasteiger charge is -2.57. The molecule has 4 bridgehead atoms. The van der Waals surface area contributed by atoms with E-state index < -0.39 is 0 Å². The number of aromatic nitrogens is 4. The molecule has 4 fully saturated rings. The SMILES string of the molecule is CN(CCC12CC3CC(CC(C3)C1)C2)c1nc(N)c2cnn(C)c2n1. The van der Waals surface area contributed by atoms with Crippen LogP contribution >= 0.6 is 0 Å². The number of rotatable bonds is 4. The van der Waals surface area contributed by atoms with Crippen molar-refractivity contribution in [3.05, 3.63) is 6.20 Å². The number of nitrogens with zero attached hydrogens (tertiary/aromatic N) is 5. The van der Waals surface area contributed by atoms with Crippen molar-refractivity contribution < 1.29 is 0 Å². The minimum Gasteiger partial charge on any atom is -0.383 e. The number of aryl methyl sites for hydroxylation is 1. The maximum atomic E-state index is 6.12. The summed E-state index contributed by atoms with van der Waals surface area (Å²) in [6.07, 6.45) is 11.9. The van der Waals surface area contributed by atoms with Gasteiger partial charge in [-0.1, -0.05) is 0 Å². The van der Waals surface area contributed by atoms with E-state index >= 15 is 0 Å². The Morgan fingerprint density at radius 2 is 1.80 bits per heavy atom. The molecule has 0 aliphatic heterocycles. The van der Waals surface area contributed by atoms with Crippen molar-refractivity contribution in [3.63, 3.8) is 0 Å². The van der Waals surface area contributed by atoms with E-state index in [2.05, 4.69) is 22.0 Å². The molecule has 0 atom stereocenters. The summed E-state index contributed by atoms with van der Waals surface area (Å²) < 4.78 is 1.77. The predicted octanol–water partition coefficient (Wildman–Crippen LogP) is 2.99. The summed E-state index contributed by atoms with van der Waals surface area (Å²) in [5.41, 5.74) is 7.52. The molecular formula is C19H28N6. The second-order valence-electron chi connectivity index (χ2n) is 9.00. The van der Waals surface area contributed by atoms with Crippen LogP contribution in [-0.4, -0.2) is 33.3 Å². The van der Waals surface area contributed by atoms with E-state index in [-0.39, 0.29) is 0 Å². The third kappa shape index (κ3) is 2.49. The molecule has 0 aromatic carbocycles. The second-order valence-corrected chi connectivity index (χ2v) is 9.00. The molecular weight excluding hydrogens is 312 g/mol. The number of anilines is 2. The van der Waals surface area contributed by atoms with Gasteiger partial charge in [0.2, 0.25) is 5.95 Å². The number of hydrogen-bond acceptors (Lipinski definition) is 5. The van der Waals surface area contributed by atoms with Gasteiger partial charge in [-0.15, -0.1) is 0 Å². The number of nitrogens with two attached hydrogens (primary N) is 1. The molecule has 0 unspecified atom stereocenters. The van der Waals surface area contributed by atoms with Crippen LogP contribution in [0, 0.1) is 23.2 Å². The zero-order chi connectivity index (χ0) is 17.2. The van der Waals surface area contributed by atoms with E-state index in [4.69, 9.17) is 10.7 Å². The first kappa shape index (κ1) is 15.4. The van der Waals surface area contributed by atoms with Crippen molar-refractivity contribution in [2.75, 3.05) is 24.2 Å². The van der Waals surface area contributed by atoms with Crippen LogP contribution in [0.15, 0.2) is 6.20 Å². The fourth-order valence-electron chi connectivity index (χ4n) is 6.30. The van der Waals surface area contributed by atoms with Gasteiger partial charge in [-0.2, -0.15) is 15.1 Å². The second kappa shape index (κ2) is 5.32. The van der Waals surface area contributed by atoms with Crippen molar-refractivity contribution in [2.45, 2.75) is 44.9 Å². The molecule has 0 saturated heterocycles. The average molecular weight is 340 g/mol. The van der Waals surface area contributed by atoms with Crippen LogP contribution in [0.25, 0.3) is 11.0 Å². The van der Waals surface area contributed by atoms with Crippen molar-refractivity contribution in [2.24, 2.45) is 30.2 Å². The highest BCUT2D eigenvalue weighted by Gasteiger charge is 2.50. The number of nitrogen functional groups attached to an aromatic ring is 1. The van der Waals surface area contributed by atoms with Crippen LogP contribution in [-0.2, 0) is 7.05 Å². The van der Waals surface area contributed by atoms with Gasteiger partial charge < -0.3 is 10.6 Å². The van der Waals surface area contributed by atoms with Gasteiger partial charge in [0, 0.05) is 20.6 Å². The smallest absolute Gasteiger partial charge is 0.229 e. The van der Waals surface area contributed by atoms with Crippen molar-refractivity contribution in [1.29, 1.82) is 0 Å². The lowest BCUT2D eigenvalue weighted by molar-refractivity contribution is -0.0558. The van der Waals surface area contributed by atoms with Crippen molar-refractivity contribution >= 4 is 22.8 Å². The largest absolute Gasteiger partial charge is 0.383 e. The summed E-state index contributed by atoms with van der Waals surface area (Å²) in [6, 6.07) is 0. The van der Waals surface area contributed by atoms with Crippen molar-refractivity contribution in [3.8, 4) is 0 Å². The van der Waals surface area contributed by atoms with E-state index in [1.165, 1.54) is 44.9 Å². The third-order valence-electron chi connectivity index (χ3n) is 7.09. The van der Waals surface area contributed by atoms with Gasteiger partial charge in [0.05, 0.1) is 11.6 Å². The number of fused-ring (bicyclic) bond motifs is 1. The maximum Gasteiger partial charge on any atom is 0.229 e. The van der Waals surface area contributed by atoms with Crippen LogP contribution < -0.4 is 10.6 Å². The minimum absolute atomic E-state index is 0.523. The third-order valence-corrected chi connectivity index (χ3v) is 7.09. The fraction of sp³-hybridized carbons (Fsp3) is 0.737. The summed E-state index contributed by atoms with van der Waals surface area (Å²) in [6.45, 7) is 1.01. The van der Waals surface area contributed by atoms with Crippen LogP contribution in [0.4, 0.5) is 11.8 Å². The normalized spacial score (nSPS) is 33.3. The Kier molecular flexibility index (Phi) is 3.28. The molecule has 25 heavy (non-hydrogen) atoms. The zero-order valence-corrected chi connectivity index (χ0v) is 15.3. The molecule has 4 aliphatic rings. The van der Waals surface area contributed by atoms with Crippen LogP contribution in [0.2, 0.25) is 0 Å². The minimum atomic E-state index is 0.523. The average Bonchev–Trinajstić information content (AvgIpc) is 2.93. The molecule has 2 N–H and O–H groups in total. The number of hydrogen-bond donors (Lipinski definition) is 1. The topological polar surface area (TPSA) is 72.9 Å². The van der Waals surface area contributed by atoms with E-state index in [0.29, 0.717) is 11.2 Å². The van der Waals surface area contributed by atoms with Crippen molar-refractivity contribution in [1.82, 2.24) is 19.7 Å². The summed E-state index contributed by atoms with van der Waals surface area (Å²) >= 11 is 0. The molecule has 4 aliphatic carbocycles. The first-order chi connectivity index (χ1) is 12.0. The van der Waals surface area contributed by atoms with Gasteiger partial charge in [-0.3, -0.25) is 4.68 Å². The zero-order valence-electron chi connectivity index (χ0n) is 15.3. The molecule has 6 heteroatoms.